The zero-order valence-electron chi connectivity index (χ0n) is 19.5. The van der Waals surface area contributed by atoms with Crippen molar-refractivity contribution >= 4 is 52.7 Å². The third kappa shape index (κ3) is 5.59. The zero-order chi connectivity index (χ0) is 26.0. The molecular formula is C20H20B3N9O4. The number of hydrogen-bond donors (Lipinski definition) is 4. The molecule has 1 saturated heterocycles. The van der Waals surface area contributed by atoms with Crippen LogP contribution in [-0.2, 0) is 7.05 Å². The molecular weight excluding hydrogens is 463 g/mol. The number of rotatable bonds is 7. The highest BCUT2D eigenvalue weighted by Crippen LogP contribution is 2.37. The Morgan fingerprint density at radius 3 is 2.56 bits per heavy atom. The maximum absolute atomic E-state index is 12.8. The Hall–Kier alpha value is -4.07. The normalized spacial score (nSPS) is 13.6. The number of hydrogen-bond acceptors (Lipinski definition) is 9. The highest BCUT2D eigenvalue weighted by molar-refractivity contribution is 6.60. The van der Waals surface area contributed by atoms with Crippen LogP contribution < -0.4 is 20.7 Å². The molecule has 0 bridgehead atoms. The highest BCUT2D eigenvalue weighted by atomic mass is 16.5. The summed E-state index contributed by atoms with van der Waals surface area (Å²) in [5, 5.41) is 27.4. The Labute approximate surface area is 210 Å². The lowest BCUT2D eigenvalue weighted by molar-refractivity contribution is 0.0308. The summed E-state index contributed by atoms with van der Waals surface area (Å²) in [5.41, 5.74) is 0.953. The number of amides is 3. The van der Waals surface area contributed by atoms with Crippen molar-refractivity contribution < 1.29 is 19.4 Å². The molecule has 4 rings (SSSR count). The van der Waals surface area contributed by atoms with Gasteiger partial charge in [0.1, 0.15) is 6.33 Å². The second-order valence-corrected chi connectivity index (χ2v) is 8.12. The van der Waals surface area contributed by atoms with Crippen LogP contribution in [0.15, 0.2) is 30.6 Å². The molecule has 1 fully saturated rings. The molecule has 1 aliphatic heterocycles. The van der Waals surface area contributed by atoms with Crippen molar-refractivity contribution in [3.8, 4) is 17.1 Å². The standard InChI is InChI=1S/C20H20B3N9O4/c1-31-9-24-17(30-31)11-4-3-5-12(16(11)36-2)25-13-6-14(26-19(35)32-7-10(33)8-32)28-29-15(13)18(34)27-20(21,22)23/h3-6,9-10,33H,7-8H2,1-2H3,(H,27,34)(H2,25,26,28,35). The molecule has 1 aromatic carbocycles. The molecule has 1 aliphatic rings. The van der Waals surface area contributed by atoms with Gasteiger partial charge in [-0.15, -0.1) is 10.2 Å². The fourth-order valence-corrected chi connectivity index (χ4v) is 3.42. The Morgan fingerprint density at radius 2 is 1.94 bits per heavy atom. The fourth-order valence-electron chi connectivity index (χ4n) is 3.42. The van der Waals surface area contributed by atoms with Crippen LogP contribution in [0.4, 0.5) is 22.0 Å². The summed E-state index contributed by atoms with van der Waals surface area (Å²) in [4.78, 5) is 30.8. The van der Waals surface area contributed by atoms with Gasteiger partial charge >= 0.3 is 6.03 Å². The summed E-state index contributed by atoms with van der Waals surface area (Å²) in [6.45, 7) is 0.393. The molecule has 3 heterocycles. The fraction of sp³-hybridized carbons (Fsp3) is 0.300. The number of ether oxygens (including phenoxy) is 1. The van der Waals surface area contributed by atoms with Gasteiger partial charge in [0.05, 0.1) is 66.8 Å². The van der Waals surface area contributed by atoms with Crippen LogP contribution in [-0.4, -0.2) is 102 Å². The van der Waals surface area contributed by atoms with Gasteiger partial charge in [0.2, 0.25) is 0 Å². The summed E-state index contributed by atoms with van der Waals surface area (Å²) in [7, 11) is 19.7. The van der Waals surface area contributed by atoms with Crippen LogP contribution >= 0.6 is 0 Å². The minimum Gasteiger partial charge on any atom is -0.494 e. The van der Waals surface area contributed by atoms with Gasteiger partial charge < -0.3 is 25.4 Å². The lowest BCUT2D eigenvalue weighted by Crippen LogP contribution is -2.55. The molecule has 0 saturated carbocycles. The van der Waals surface area contributed by atoms with E-state index in [2.05, 4.69) is 36.2 Å². The maximum atomic E-state index is 12.8. The molecule has 4 N–H and O–H groups in total. The van der Waals surface area contributed by atoms with Gasteiger partial charge in [-0.05, 0) is 12.1 Å². The number of methoxy groups -OCH3 is 1. The number of β-amino-alcohol motifs (C(OH)–C–C–N with tert-alkyl or cyclic N) is 1. The third-order valence-electron chi connectivity index (χ3n) is 5.05. The summed E-state index contributed by atoms with van der Waals surface area (Å²) < 4.78 is 7.15. The van der Waals surface area contributed by atoms with E-state index in [1.54, 1.807) is 36.3 Å². The zero-order valence-corrected chi connectivity index (χ0v) is 19.5. The molecule has 13 nitrogen and oxygen atoms in total. The quantitative estimate of drug-likeness (QED) is 0.312. The average molecular weight is 483 g/mol. The Bertz CT molecular complexity index is 1290. The number of anilines is 3. The molecule has 3 aromatic rings. The maximum Gasteiger partial charge on any atom is 0.323 e. The lowest BCUT2D eigenvalue weighted by atomic mass is 9.49. The number of aromatic nitrogens is 5. The minimum absolute atomic E-state index is 0.0430. The Morgan fingerprint density at radius 1 is 1.19 bits per heavy atom. The van der Waals surface area contributed by atoms with E-state index in [4.69, 9.17) is 28.3 Å². The smallest absolute Gasteiger partial charge is 0.323 e. The van der Waals surface area contributed by atoms with E-state index in [1.165, 1.54) is 18.1 Å². The largest absolute Gasteiger partial charge is 0.494 e. The minimum atomic E-state index is -2.01. The summed E-state index contributed by atoms with van der Waals surface area (Å²) in [5.74, 6) is 0.0368. The predicted octanol–water partition coefficient (Wildman–Crippen LogP) is -0.921. The number of nitrogens with zero attached hydrogens (tertiary/aromatic N) is 6. The molecule has 0 unspecified atom stereocenters. The SMILES string of the molecule is [B]C([B])([B])NC(=O)c1nnc(NC(=O)N2CC(O)C2)cc1Nc1cccc(-c2ncn(C)n2)c1OC. The Kier molecular flexibility index (Phi) is 6.88. The van der Waals surface area contributed by atoms with Gasteiger partial charge in [-0.25, -0.2) is 9.78 Å². The molecule has 36 heavy (non-hydrogen) atoms. The summed E-state index contributed by atoms with van der Waals surface area (Å²) in [6.07, 6.45) is 0.983. The van der Waals surface area contributed by atoms with Crippen molar-refractivity contribution in [3.05, 3.63) is 36.3 Å². The van der Waals surface area contributed by atoms with Crippen molar-refractivity contribution in [1.29, 1.82) is 0 Å². The molecule has 0 atom stereocenters. The van der Waals surface area contributed by atoms with E-state index in [0.29, 0.717) is 22.8 Å². The van der Waals surface area contributed by atoms with Crippen LogP contribution in [0, 0.1) is 0 Å². The third-order valence-corrected chi connectivity index (χ3v) is 5.05. The molecule has 6 radical (unpaired) electrons. The topological polar surface area (TPSA) is 159 Å². The first-order valence-corrected chi connectivity index (χ1v) is 10.6. The van der Waals surface area contributed by atoms with E-state index in [9.17, 15) is 14.7 Å². The van der Waals surface area contributed by atoms with E-state index >= 15 is 0 Å². The average Bonchev–Trinajstić information content (AvgIpc) is 3.21. The first kappa shape index (κ1) is 25.0. The van der Waals surface area contributed by atoms with Gasteiger partial charge in [0.15, 0.2) is 23.1 Å². The molecule has 0 aliphatic carbocycles. The van der Waals surface area contributed by atoms with Gasteiger partial charge in [-0.2, -0.15) is 5.10 Å². The predicted molar refractivity (Wildman–Crippen MR) is 132 cm³/mol. The van der Waals surface area contributed by atoms with Gasteiger partial charge in [0, 0.05) is 13.1 Å². The van der Waals surface area contributed by atoms with Gasteiger partial charge in [-0.1, -0.05) is 11.3 Å². The van der Waals surface area contributed by atoms with Gasteiger partial charge in [-0.3, -0.25) is 14.8 Å². The van der Waals surface area contributed by atoms with Crippen molar-refractivity contribution in [2.75, 3.05) is 30.8 Å². The van der Waals surface area contributed by atoms with Crippen molar-refractivity contribution in [1.82, 2.24) is 35.2 Å². The van der Waals surface area contributed by atoms with Crippen LogP contribution in [0.2, 0.25) is 0 Å². The van der Waals surface area contributed by atoms with Crippen molar-refractivity contribution in [3.63, 3.8) is 0 Å². The number of para-hydroxylation sites is 1. The number of aryl methyl sites for hydroxylation is 1. The molecule has 3 amide bonds. The molecule has 178 valence electrons. The molecule has 0 spiro atoms. The van der Waals surface area contributed by atoms with Crippen LogP contribution in [0.25, 0.3) is 11.4 Å². The first-order valence-electron chi connectivity index (χ1n) is 10.6. The van der Waals surface area contributed by atoms with E-state index < -0.39 is 23.3 Å². The number of urea groups is 1. The van der Waals surface area contributed by atoms with Crippen LogP contribution in [0.1, 0.15) is 10.5 Å². The number of likely N-dealkylation sites (tertiary alicyclic amines) is 1. The van der Waals surface area contributed by atoms with E-state index in [-0.39, 0.29) is 30.3 Å². The Balaban J connectivity index is 1.69. The molecule has 2 aromatic heterocycles. The monoisotopic (exact) mass is 483 g/mol. The highest BCUT2D eigenvalue weighted by Gasteiger charge is 2.29. The number of carbonyl (C=O) groups is 2. The van der Waals surface area contributed by atoms with Crippen LogP contribution in [0.3, 0.4) is 0 Å². The lowest BCUT2D eigenvalue weighted by Gasteiger charge is -2.35. The summed E-state index contributed by atoms with van der Waals surface area (Å²) in [6, 6.07) is 6.13. The van der Waals surface area contributed by atoms with E-state index in [1.807, 2.05) is 0 Å². The first-order chi connectivity index (χ1) is 17.0. The summed E-state index contributed by atoms with van der Waals surface area (Å²) >= 11 is 0. The number of aliphatic hydroxyl groups excluding tert-OH is 1. The van der Waals surface area contributed by atoms with Crippen LogP contribution in [0.5, 0.6) is 5.75 Å². The van der Waals surface area contributed by atoms with Crippen molar-refractivity contribution in [2.45, 2.75) is 11.3 Å². The number of nitrogens with one attached hydrogen (secondary N) is 3. The second-order valence-electron chi connectivity index (χ2n) is 8.12. The van der Waals surface area contributed by atoms with Gasteiger partial charge in [0.25, 0.3) is 5.91 Å². The molecule has 16 heteroatoms. The number of aliphatic hydroxyl groups is 1. The van der Waals surface area contributed by atoms with E-state index in [0.717, 1.165) is 0 Å². The number of carbonyl (C=O) groups excluding carboxylic acids is 2. The second kappa shape index (κ2) is 9.89. The number of benzene rings is 1. The van der Waals surface area contributed by atoms with Crippen molar-refractivity contribution in [2.24, 2.45) is 7.05 Å².